The average Bonchev–Trinajstić information content (AvgIpc) is 2.94. The first-order valence-electron chi connectivity index (χ1n) is 13.7. The summed E-state index contributed by atoms with van der Waals surface area (Å²) in [6.07, 6.45) is 6.95. The largest absolute Gasteiger partial charge is 0.478 e. The maximum Gasteiger partial charge on any atom is 0.333 e. The molecule has 1 fully saturated rings. The van der Waals surface area contributed by atoms with Crippen molar-refractivity contribution in [2.75, 3.05) is 6.61 Å². The van der Waals surface area contributed by atoms with E-state index in [1.807, 2.05) is 44.2 Å². The van der Waals surface area contributed by atoms with Crippen molar-refractivity contribution in [1.29, 1.82) is 0 Å². The zero-order chi connectivity index (χ0) is 31.4. The highest BCUT2D eigenvalue weighted by atomic mass is 16.5. The lowest BCUT2D eigenvalue weighted by atomic mass is 9.98. The second kappa shape index (κ2) is 20.9. The smallest absolute Gasteiger partial charge is 0.333 e. The van der Waals surface area contributed by atoms with Crippen LogP contribution in [0.15, 0.2) is 78.4 Å². The van der Waals surface area contributed by atoms with E-state index in [4.69, 9.17) is 19.3 Å². The van der Waals surface area contributed by atoms with Crippen LogP contribution in [0.3, 0.4) is 0 Å². The van der Waals surface area contributed by atoms with Crippen LogP contribution in [0.2, 0.25) is 0 Å². The van der Waals surface area contributed by atoms with Gasteiger partial charge in [0.15, 0.2) is 0 Å². The molecule has 0 atom stereocenters. The van der Waals surface area contributed by atoms with Gasteiger partial charge in [-0.3, -0.25) is 0 Å². The number of ether oxygens (including phenoxy) is 3. The highest BCUT2D eigenvalue weighted by Crippen LogP contribution is 2.21. The Kier molecular flexibility index (Phi) is 18.9. The lowest BCUT2D eigenvalue weighted by molar-refractivity contribution is -0.146. The molecule has 41 heavy (non-hydrogen) atoms. The van der Waals surface area contributed by atoms with Crippen LogP contribution in [0.5, 0.6) is 0 Å². The molecule has 1 saturated carbocycles. The molecule has 8 heteroatoms. The summed E-state index contributed by atoms with van der Waals surface area (Å²) in [5, 5.41) is 8.68. The summed E-state index contributed by atoms with van der Waals surface area (Å²) < 4.78 is 15.1. The van der Waals surface area contributed by atoms with Gasteiger partial charge in [-0.1, -0.05) is 76.4 Å². The Labute approximate surface area is 244 Å². The Morgan fingerprint density at radius 2 is 1.41 bits per heavy atom. The van der Waals surface area contributed by atoms with E-state index in [1.165, 1.54) is 19.4 Å². The van der Waals surface area contributed by atoms with Gasteiger partial charge in [0.05, 0.1) is 6.61 Å². The van der Waals surface area contributed by atoms with Gasteiger partial charge in [-0.15, -0.1) is 0 Å². The van der Waals surface area contributed by atoms with Gasteiger partial charge < -0.3 is 19.3 Å². The molecule has 8 nitrogen and oxygen atoms in total. The molecule has 0 amide bonds. The Morgan fingerprint density at radius 3 is 1.90 bits per heavy atom. The number of carbonyl (C=O) groups excluding carboxylic acids is 3. The summed E-state index contributed by atoms with van der Waals surface area (Å²) in [4.78, 5) is 44.0. The van der Waals surface area contributed by atoms with Crippen molar-refractivity contribution >= 4 is 23.9 Å². The van der Waals surface area contributed by atoms with Crippen molar-refractivity contribution < 1.29 is 38.5 Å². The number of carbonyl (C=O) groups is 4. The molecule has 1 aliphatic carbocycles. The third kappa shape index (κ3) is 18.9. The number of carboxylic acids is 1. The highest BCUT2D eigenvalue weighted by Gasteiger charge is 2.19. The Balaban J connectivity index is 0.000000615. The van der Waals surface area contributed by atoms with Crippen LogP contribution in [0.1, 0.15) is 78.7 Å². The SMILES string of the molecule is C=C(C)C(=O)OCC(C)C.C=C(C)C(=O)OCc1ccccc1.C=C(CC=C(C)C(=O)O)C(=O)OC1CCCCC1. The first kappa shape index (κ1) is 37.1. The van der Waals surface area contributed by atoms with Crippen LogP contribution in [0, 0.1) is 5.92 Å². The molecule has 0 aromatic heterocycles. The highest BCUT2D eigenvalue weighted by molar-refractivity contribution is 5.89. The topological polar surface area (TPSA) is 116 Å². The van der Waals surface area contributed by atoms with Gasteiger partial charge in [0.25, 0.3) is 0 Å². The first-order chi connectivity index (χ1) is 19.2. The zero-order valence-electron chi connectivity index (χ0n) is 25.2. The van der Waals surface area contributed by atoms with Crippen LogP contribution in [-0.4, -0.2) is 41.7 Å². The van der Waals surface area contributed by atoms with Gasteiger partial charge in [0, 0.05) is 22.3 Å². The lowest BCUT2D eigenvalue weighted by Crippen LogP contribution is -2.21. The monoisotopic (exact) mass is 570 g/mol. The molecule has 2 rings (SSSR count). The van der Waals surface area contributed by atoms with Crippen molar-refractivity contribution in [2.45, 2.75) is 85.9 Å². The number of allylic oxidation sites excluding steroid dienone is 1. The summed E-state index contributed by atoms with van der Waals surface area (Å²) in [5.41, 5.74) is 2.39. The van der Waals surface area contributed by atoms with E-state index < -0.39 is 11.9 Å². The minimum absolute atomic E-state index is 0.00699. The van der Waals surface area contributed by atoms with Crippen molar-refractivity contribution in [1.82, 2.24) is 0 Å². The molecule has 0 heterocycles. The van der Waals surface area contributed by atoms with Gasteiger partial charge in [-0.25, -0.2) is 19.2 Å². The normalized spacial score (nSPS) is 12.9. The maximum atomic E-state index is 11.7. The fourth-order valence-corrected chi connectivity index (χ4v) is 3.08. The van der Waals surface area contributed by atoms with E-state index in [1.54, 1.807) is 13.8 Å². The van der Waals surface area contributed by atoms with E-state index in [9.17, 15) is 19.2 Å². The van der Waals surface area contributed by atoms with Gasteiger partial charge in [-0.2, -0.15) is 0 Å². The number of rotatable bonds is 11. The Hall–Kier alpha value is -3.94. The van der Waals surface area contributed by atoms with Crippen LogP contribution < -0.4 is 0 Å². The lowest BCUT2D eigenvalue weighted by Gasteiger charge is -2.22. The van der Waals surface area contributed by atoms with Crippen molar-refractivity contribution in [3.05, 3.63) is 84.0 Å². The van der Waals surface area contributed by atoms with Crippen LogP contribution >= 0.6 is 0 Å². The Morgan fingerprint density at radius 1 is 0.878 bits per heavy atom. The van der Waals surface area contributed by atoms with Gasteiger partial charge in [0.1, 0.15) is 12.7 Å². The molecule has 0 radical (unpaired) electrons. The van der Waals surface area contributed by atoms with Crippen molar-refractivity contribution in [3.8, 4) is 0 Å². The van der Waals surface area contributed by atoms with Gasteiger partial charge >= 0.3 is 23.9 Å². The average molecular weight is 571 g/mol. The van der Waals surface area contributed by atoms with E-state index in [0.717, 1.165) is 31.2 Å². The molecule has 1 N–H and O–H groups in total. The summed E-state index contributed by atoms with van der Waals surface area (Å²) in [6, 6.07) is 9.55. The number of benzene rings is 1. The number of esters is 3. The molecule has 1 aromatic rings. The van der Waals surface area contributed by atoms with E-state index >= 15 is 0 Å². The fraction of sp³-hybridized carbons (Fsp3) is 0.455. The van der Waals surface area contributed by atoms with Crippen LogP contribution in [-0.2, 0) is 40.0 Å². The maximum absolute atomic E-state index is 11.7. The standard InChI is InChI=1S/C14H20O4.C11H12O2.C8H14O2/c1-10(13(15)16)8-9-11(2)14(17)18-12-6-4-3-5-7-12;1-9(2)11(12)13-8-10-6-4-3-5-7-10;1-6(2)5-10-8(9)7(3)4/h8,12H,2-7,9H2,1H3,(H,15,16);3-7H,1,8H2,2H3;6H,3,5H2,1-2,4H3. The molecular weight excluding hydrogens is 524 g/mol. The van der Waals surface area contributed by atoms with Crippen molar-refractivity contribution in [3.63, 3.8) is 0 Å². The van der Waals surface area contributed by atoms with Gasteiger partial charge in [0.2, 0.25) is 0 Å². The predicted octanol–water partition coefficient (Wildman–Crippen LogP) is 6.91. The quantitative estimate of drug-likeness (QED) is 0.173. The first-order valence-corrected chi connectivity index (χ1v) is 13.7. The molecule has 1 aliphatic rings. The molecule has 0 bridgehead atoms. The molecule has 0 aliphatic heterocycles. The molecule has 0 unspecified atom stereocenters. The van der Waals surface area contributed by atoms with E-state index in [-0.39, 0.29) is 30.0 Å². The summed E-state index contributed by atoms with van der Waals surface area (Å²) in [7, 11) is 0. The predicted molar refractivity (Wildman–Crippen MR) is 160 cm³/mol. The molecule has 0 spiro atoms. The number of hydrogen-bond donors (Lipinski definition) is 1. The summed E-state index contributed by atoms with van der Waals surface area (Å²) in [5.74, 6) is -1.64. The summed E-state index contributed by atoms with van der Waals surface area (Å²) >= 11 is 0. The van der Waals surface area contributed by atoms with E-state index in [0.29, 0.717) is 35.9 Å². The fourth-order valence-electron chi connectivity index (χ4n) is 3.08. The minimum atomic E-state index is -0.983. The third-order valence-electron chi connectivity index (χ3n) is 5.56. The third-order valence-corrected chi connectivity index (χ3v) is 5.56. The number of hydrogen-bond acceptors (Lipinski definition) is 7. The van der Waals surface area contributed by atoms with Gasteiger partial charge in [-0.05, 0) is 64.4 Å². The van der Waals surface area contributed by atoms with E-state index in [2.05, 4.69) is 19.7 Å². The van der Waals surface area contributed by atoms with Crippen molar-refractivity contribution in [2.24, 2.45) is 5.92 Å². The summed E-state index contributed by atoms with van der Waals surface area (Å²) in [6.45, 7) is 20.1. The molecule has 1 aromatic carbocycles. The number of carboxylic acid groups (broad SMARTS) is 1. The second-order valence-electron chi connectivity index (χ2n) is 10.3. The molecule has 226 valence electrons. The zero-order valence-corrected chi connectivity index (χ0v) is 25.2. The number of aliphatic carboxylic acids is 1. The minimum Gasteiger partial charge on any atom is -0.478 e. The second-order valence-corrected chi connectivity index (χ2v) is 10.3. The molecule has 0 saturated heterocycles. The van der Waals surface area contributed by atoms with Crippen LogP contribution in [0.4, 0.5) is 0 Å². The van der Waals surface area contributed by atoms with Crippen LogP contribution in [0.25, 0.3) is 0 Å². The Bertz CT molecular complexity index is 1060. The molecular formula is C33H46O8.